The minimum absolute atomic E-state index is 0. The molecule has 0 atom stereocenters. The molecule has 0 fully saturated rings. The molecule has 0 aromatic carbocycles. The van der Waals surface area contributed by atoms with Gasteiger partial charge in [-0.25, -0.2) is 0 Å². The zero-order valence-corrected chi connectivity index (χ0v) is 7.61. The summed E-state index contributed by atoms with van der Waals surface area (Å²) in [5, 5.41) is 0. The van der Waals surface area contributed by atoms with Gasteiger partial charge in [0.15, 0.2) is 0 Å². The van der Waals surface area contributed by atoms with E-state index in [1.807, 2.05) is 6.92 Å². The van der Waals surface area contributed by atoms with Crippen LogP contribution in [0.2, 0.25) is 0 Å². The third-order valence-electron chi connectivity index (χ3n) is 0.777. The summed E-state index contributed by atoms with van der Waals surface area (Å²) in [4.78, 5) is 9.98. The summed E-state index contributed by atoms with van der Waals surface area (Å²) in [6.45, 7) is 2.03. The number of carbonyl (C=O) groups excluding carboxylic acids is 1. The Bertz CT molecular complexity index is 70.0. The number of hydrogen-bond donors (Lipinski definition) is 1. The van der Waals surface area contributed by atoms with Gasteiger partial charge in [-0.3, -0.25) is 4.79 Å². The summed E-state index contributed by atoms with van der Waals surface area (Å²) in [6, 6.07) is 0. The number of carbonyl (C=O) groups is 1. The van der Waals surface area contributed by atoms with Crippen molar-refractivity contribution in [3.05, 3.63) is 0 Å². The average molecular weight is 125 g/mol. The summed E-state index contributed by atoms with van der Waals surface area (Å²) in [7, 11) is 0. The molecule has 3 heteroatoms. The zero-order chi connectivity index (χ0) is 5.70. The summed E-state index contributed by atoms with van der Waals surface area (Å²) in [6.07, 6.45) is 2.51. The first-order valence-electron chi connectivity index (χ1n) is 2.55. The topological polar surface area (TPSA) is 43.1 Å². The van der Waals surface area contributed by atoms with Crippen molar-refractivity contribution >= 4 is 5.91 Å². The maximum absolute atomic E-state index is 9.98. The standard InChI is InChI=1S/C5H11NO.Na.H/c1-2-3-4-5(6)7;;/h2-4H2,1H3,(H2,6,7);;/q;+1;-1. The molecule has 2 N–H and O–H groups in total. The van der Waals surface area contributed by atoms with Crippen molar-refractivity contribution in [3.63, 3.8) is 0 Å². The van der Waals surface area contributed by atoms with Gasteiger partial charge in [-0.2, -0.15) is 0 Å². The van der Waals surface area contributed by atoms with Gasteiger partial charge < -0.3 is 7.16 Å². The molecule has 0 aliphatic carbocycles. The first-order chi connectivity index (χ1) is 3.27. The molecular weight excluding hydrogens is 113 g/mol. The first kappa shape index (κ1) is 11.3. The Morgan fingerprint density at radius 3 is 2.38 bits per heavy atom. The Balaban J connectivity index is -0.000000180. The first-order valence-corrected chi connectivity index (χ1v) is 2.55. The van der Waals surface area contributed by atoms with Crippen LogP contribution in [0.1, 0.15) is 27.6 Å². The normalized spacial score (nSPS) is 7.62. The van der Waals surface area contributed by atoms with Crippen LogP contribution < -0.4 is 35.3 Å². The van der Waals surface area contributed by atoms with Gasteiger partial charge >= 0.3 is 29.6 Å². The SMILES string of the molecule is CCCCC(N)=O.[H-].[Na+]. The van der Waals surface area contributed by atoms with Gasteiger partial charge in [-0.05, 0) is 6.42 Å². The van der Waals surface area contributed by atoms with Gasteiger partial charge in [0.25, 0.3) is 0 Å². The molecule has 8 heavy (non-hydrogen) atoms. The van der Waals surface area contributed by atoms with Crippen LogP contribution in [-0.4, -0.2) is 5.91 Å². The van der Waals surface area contributed by atoms with Crippen molar-refractivity contribution in [1.82, 2.24) is 0 Å². The van der Waals surface area contributed by atoms with Crippen LogP contribution in [0, 0.1) is 0 Å². The molecule has 0 saturated heterocycles. The smallest absolute Gasteiger partial charge is 1.00 e. The van der Waals surface area contributed by atoms with E-state index in [1.54, 1.807) is 0 Å². The van der Waals surface area contributed by atoms with E-state index in [0.717, 1.165) is 12.8 Å². The molecule has 0 spiro atoms. The molecule has 0 aromatic rings. The number of rotatable bonds is 3. The van der Waals surface area contributed by atoms with Gasteiger partial charge in [0.1, 0.15) is 0 Å². The van der Waals surface area contributed by atoms with E-state index in [-0.39, 0.29) is 36.9 Å². The van der Waals surface area contributed by atoms with Crippen LogP contribution in [0.15, 0.2) is 0 Å². The average Bonchev–Trinajstić information content (AvgIpc) is 1.61. The Morgan fingerprint density at radius 2 is 2.25 bits per heavy atom. The van der Waals surface area contributed by atoms with Crippen LogP contribution in [0.3, 0.4) is 0 Å². The second kappa shape index (κ2) is 7.47. The Labute approximate surface area is 73.6 Å². The van der Waals surface area contributed by atoms with Crippen molar-refractivity contribution in [2.45, 2.75) is 26.2 Å². The van der Waals surface area contributed by atoms with Crippen molar-refractivity contribution in [2.75, 3.05) is 0 Å². The number of amides is 1. The number of hydrogen-bond acceptors (Lipinski definition) is 1. The maximum Gasteiger partial charge on any atom is 1.00 e. The molecule has 0 aliphatic rings. The fourth-order valence-electron chi connectivity index (χ4n) is 0.351. The Kier molecular flexibility index (Phi) is 10.5. The summed E-state index contributed by atoms with van der Waals surface area (Å²) < 4.78 is 0. The van der Waals surface area contributed by atoms with Crippen LogP contribution in [0.25, 0.3) is 0 Å². The van der Waals surface area contributed by atoms with Crippen LogP contribution in [0.4, 0.5) is 0 Å². The molecule has 0 heterocycles. The number of primary amides is 1. The van der Waals surface area contributed by atoms with E-state index in [0.29, 0.717) is 6.42 Å². The van der Waals surface area contributed by atoms with Gasteiger partial charge in [0.05, 0.1) is 0 Å². The van der Waals surface area contributed by atoms with Crippen molar-refractivity contribution in [1.29, 1.82) is 0 Å². The summed E-state index contributed by atoms with van der Waals surface area (Å²) in [5.74, 6) is -0.193. The zero-order valence-electron chi connectivity index (χ0n) is 6.61. The molecule has 2 nitrogen and oxygen atoms in total. The van der Waals surface area contributed by atoms with E-state index in [4.69, 9.17) is 5.73 Å². The molecular formula is C5H12NNaO. The summed E-state index contributed by atoms with van der Waals surface area (Å²) in [5.41, 5.74) is 4.84. The molecule has 0 aliphatic heterocycles. The quantitative estimate of drug-likeness (QED) is 0.426. The van der Waals surface area contributed by atoms with Crippen LogP contribution in [-0.2, 0) is 4.79 Å². The van der Waals surface area contributed by atoms with E-state index < -0.39 is 0 Å². The molecule has 0 unspecified atom stereocenters. The fraction of sp³-hybridized carbons (Fsp3) is 0.800. The van der Waals surface area contributed by atoms with Gasteiger partial charge in [0.2, 0.25) is 5.91 Å². The second-order valence-corrected chi connectivity index (χ2v) is 1.57. The molecule has 0 aromatic heterocycles. The van der Waals surface area contributed by atoms with Crippen LogP contribution in [0.5, 0.6) is 0 Å². The fourth-order valence-corrected chi connectivity index (χ4v) is 0.351. The maximum atomic E-state index is 9.98. The van der Waals surface area contributed by atoms with Crippen molar-refractivity contribution in [2.24, 2.45) is 5.73 Å². The third-order valence-corrected chi connectivity index (χ3v) is 0.777. The largest absolute Gasteiger partial charge is 1.00 e. The predicted molar refractivity (Wildman–Crippen MR) is 29.8 cm³/mol. The van der Waals surface area contributed by atoms with Gasteiger partial charge in [0, 0.05) is 6.42 Å². The predicted octanol–water partition coefficient (Wildman–Crippen LogP) is -2.22. The minimum atomic E-state index is -0.193. The number of unbranched alkanes of at least 4 members (excludes halogenated alkanes) is 1. The Morgan fingerprint density at radius 1 is 1.75 bits per heavy atom. The summed E-state index contributed by atoms with van der Waals surface area (Å²) >= 11 is 0. The molecule has 0 rings (SSSR count). The monoisotopic (exact) mass is 125 g/mol. The van der Waals surface area contributed by atoms with Gasteiger partial charge in [-0.1, -0.05) is 13.3 Å². The molecule has 1 amide bonds. The van der Waals surface area contributed by atoms with E-state index in [9.17, 15) is 4.79 Å². The van der Waals surface area contributed by atoms with Crippen molar-refractivity contribution < 1.29 is 35.8 Å². The van der Waals surface area contributed by atoms with Crippen molar-refractivity contribution in [3.8, 4) is 0 Å². The minimum Gasteiger partial charge on any atom is -1.00 e. The number of nitrogens with two attached hydrogens (primary N) is 1. The van der Waals surface area contributed by atoms with E-state index >= 15 is 0 Å². The van der Waals surface area contributed by atoms with Crippen LogP contribution >= 0.6 is 0 Å². The van der Waals surface area contributed by atoms with E-state index in [1.165, 1.54) is 0 Å². The second-order valence-electron chi connectivity index (χ2n) is 1.57. The molecule has 0 radical (unpaired) electrons. The third kappa shape index (κ3) is 9.69. The molecule has 0 bridgehead atoms. The van der Waals surface area contributed by atoms with E-state index in [2.05, 4.69) is 0 Å². The molecule has 44 valence electrons. The molecule has 0 saturated carbocycles. The van der Waals surface area contributed by atoms with Gasteiger partial charge in [-0.15, -0.1) is 0 Å². The Hall–Kier alpha value is 0.470.